The Hall–Kier alpha value is -2.83. The highest BCUT2D eigenvalue weighted by atomic mass is 16.6. The maximum atomic E-state index is 11.8. The van der Waals surface area contributed by atoms with Gasteiger partial charge in [-0.15, -0.1) is 5.10 Å². The highest BCUT2D eigenvalue weighted by Gasteiger charge is 2.22. The van der Waals surface area contributed by atoms with E-state index in [-0.39, 0.29) is 24.6 Å². The van der Waals surface area contributed by atoms with Crippen LogP contribution in [0.15, 0.2) is 52.1 Å². The van der Waals surface area contributed by atoms with Crippen molar-refractivity contribution in [2.45, 2.75) is 13.8 Å². The third-order valence-electron chi connectivity index (χ3n) is 2.40. The van der Waals surface area contributed by atoms with Crippen LogP contribution in [0.3, 0.4) is 0 Å². The summed E-state index contributed by atoms with van der Waals surface area (Å²) in [7, 11) is 0. The van der Waals surface area contributed by atoms with E-state index in [0.29, 0.717) is 0 Å². The van der Waals surface area contributed by atoms with Crippen LogP contribution in [-0.4, -0.2) is 36.3 Å². The fourth-order valence-electron chi connectivity index (χ4n) is 1.46. The van der Waals surface area contributed by atoms with Crippen molar-refractivity contribution in [3.8, 4) is 0 Å². The van der Waals surface area contributed by atoms with Gasteiger partial charge < -0.3 is 20.3 Å². The number of rotatable bonds is 7. The molecule has 0 saturated carbocycles. The number of aliphatic hydroxyl groups is 1. The van der Waals surface area contributed by atoms with Gasteiger partial charge in [-0.25, -0.2) is 4.79 Å². The number of nitrogens with two attached hydrogens (primary N) is 1. The van der Waals surface area contributed by atoms with Gasteiger partial charge in [-0.05, 0) is 19.4 Å². The Bertz CT molecular complexity index is 580. The zero-order valence-electron chi connectivity index (χ0n) is 12.5. The van der Waals surface area contributed by atoms with Crippen molar-refractivity contribution < 1.29 is 19.4 Å². The van der Waals surface area contributed by atoms with Crippen LogP contribution in [0.1, 0.15) is 19.4 Å². The molecule has 0 radical (unpaired) electrons. The molecular weight excluding hydrogens is 286 g/mol. The number of carbonyl (C=O) groups excluding carboxylic acids is 1. The monoisotopic (exact) mass is 305 g/mol. The second-order valence-electron chi connectivity index (χ2n) is 3.97. The van der Waals surface area contributed by atoms with Gasteiger partial charge in [-0.2, -0.15) is 5.10 Å². The van der Waals surface area contributed by atoms with E-state index in [1.54, 1.807) is 13.8 Å². The summed E-state index contributed by atoms with van der Waals surface area (Å²) in [6.07, 6.45) is 1.47. The smallest absolute Gasteiger partial charge is 0.349 e. The van der Waals surface area contributed by atoms with Crippen LogP contribution < -0.4 is 5.73 Å². The predicted molar refractivity (Wildman–Crippen MR) is 83.6 cm³/mol. The standard InChI is InChI=1S/C15H19N3O4/c1-3-21-14(19)12(15(20)22-4-2)13(16)18-17-10-11-8-6-5-7-9-11/h5-10,19H,3-4H2,1-2H3,(H2,16,18)/b14-12-,17-10+. The Balaban J connectivity index is 2.98. The number of aliphatic hydroxyl groups excluding tert-OH is 1. The molecule has 0 aliphatic heterocycles. The van der Waals surface area contributed by atoms with Crippen molar-refractivity contribution in [2.75, 3.05) is 13.2 Å². The molecule has 0 spiro atoms. The molecule has 0 aliphatic carbocycles. The van der Waals surface area contributed by atoms with Crippen LogP contribution in [0.2, 0.25) is 0 Å². The summed E-state index contributed by atoms with van der Waals surface area (Å²) in [6.45, 7) is 3.58. The highest BCUT2D eigenvalue weighted by molar-refractivity contribution is 6.18. The van der Waals surface area contributed by atoms with Crippen molar-refractivity contribution in [2.24, 2.45) is 15.9 Å². The fourth-order valence-corrected chi connectivity index (χ4v) is 1.46. The SMILES string of the molecule is CCOC(=O)C(/C(N)=N/N=C/c1ccccc1)=C(/O)OCC. The lowest BCUT2D eigenvalue weighted by atomic mass is 10.2. The molecule has 7 heteroatoms. The van der Waals surface area contributed by atoms with Gasteiger partial charge in [0.05, 0.1) is 19.4 Å². The number of amidine groups is 1. The molecule has 0 aliphatic rings. The molecule has 0 atom stereocenters. The first kappa shape index (κ1) is 17.2. The minimum atomic E-state index is -0.829. The van der Waals surface area contributed by atoms with E-state index in [4.69, 9.17) is 15.2 Å². The molecule has 0 saturated heterocycles. The van der Waals surface area contributed by atoms with Crippen molar-refractivity contribution >= 4 is 18.0 Å². The van der Waals surface area contributed by atoms with E-state index in [1.165, 1.54) is 6.21 Å². The first-order valence-corrected chi connectivity index (χ1v) is 6.75. The molecule has 1 aromatic carbocycles. The zero-order valence-corrected chi connectivity index (χ0v) is 12.5. The van der Waals surface area contributed by atoms with Crippen molar-refractivity contribution in [3.05, 3.63) is 47.4 Å². The number of hydrogen-bond acceptors (Lipinski definition) is 6. The summed E-state index contributed by atoms with van der Waals surface area (Å²) < 4.78 is 9.69. The van der Waals surface area contributed by atoms with E-state index in [2.05, 4.69) is 10.2 Å². The Morgan fingerprint density at radius 3 is 2.45 bits per heavy atom. The van der Waals surface area contributed by atoms with E-state index in [9.17, 15) is 9.90 Å². The molecule has 1 rings (SSSR count). The number of esters is 1. The third-order valence-corrected chi connectivity index (χ3v) is 2.40. The number of nitrogens with zero attached hydrogens (tertiary/aromatic N) is 2. The molecule has 0 amide bonds. The maximum Gasteiger partial charge on any atom is 0.349 e. The molecule has 118 valence electrons. The molecule has 0 bridgehead atoms. The third kappa shape index (κ3) is 5.28. The van der Waals surface area contributed by atoms with Crippen LogP contribution in [0, 0.1) is 0 Å². The van der Waals surface area contributed by atoms with Crippen LogP contribution in [0.25, 0.3) is 0 Å². The van der Waals surface area contributed by atoms with E-state index in [0.717, 1.165) is 5.56 Å². The van der Waals surface area contributed by atoms with Gasteiger partial charge in [-0.3, -0.25) is 0 Å². The van der Waals surface area contributed by atoms with Crippen molar-refractivity contribution in [1.82, 2.24) is 0 Å². The minimum absolute atomic E-state index is 0.127. The van der Waals surface area contributed by atoms with Gasteiger partial charge in [0, 0.05) is 0 Å². The van der Waals surface area contributed by atoms with E-state index in [1.807, 2.05) is 30.3 Å². The maximum absolute atomic E-state index is 11.8. The van der Waals surface area contributed by atoms with Gasteiger partial charge in [0.15, 0.2) is 11.4 Å². The first-order valence-electron chi connectivity index (χ1n) is 6.75. The normalized spacial score (nSPS) is 12.9. The van der Waals surface area contributed by atoms with E-state index < -0.39 is 11.9 Å². The lowest BCUT2D eigenvalue weighted by Crippen LogP contribution is -2.25. The Morgan fingerprint density at radius 1 is 1.23 bits per heavy atom. The van der Waals surface area contributed by atoms with Gasteiger partial charge in [-0.1, -0.05) is 30.3 Å². The molecule has 0 aromatic heterocycles. The lowest BCUT2D eigenvalue weighted by Gasteiger charge is -2.08. The molecule has 0 unspecified atom stereocenters. The summed E-state index contributed by atoms with van der Waals surface area (Å²) in [5, 5.41) is 17.2. The largest absolute Gasteiger partial charge is 0.480 e. The second-order valence-corrected chi connectivity index (χ2v) is 3.97. The number of carbonyl (C=O) groups is 1. The molecular formula is C15H19N3O4. The fraction of sp³-hybridized carbons (Fsp3) is 0.267. The van der Waals surface area contributed by atoms with Crippen LogP contribution in [-0.2, 0) is 14.3 Å². The average molecular weight is 305 g/mol. The Labute approximate surface area is 128 Å². The molecule has 3 N–H and O–H groups in total. The second kappa shape index (κ2) is 9.17. The van der Waals surface area contributed by atoms with Crippen molar-refractivity contribution in [1.29, 1.82) is 0 Å². The summed E-state index contributed by atoms with van der Waals surface area (Å²) in [5.74, 6) is -1.77. The molecule has 1 aromatic rings. The summed E-state index contributed by atoms with van der Waals surface area (Å²) in [4.78, 5) is 11.8. The lowest BCUT2D eigenvalue weighted by molar-refractivity contribution is -0.138. The Kier molecular flexibility index (Phi) is 7.18. The molecule has 0 fully saturated rings. The van der Waals surface area contributed by atoms with Crippen LogP contribution >= 0.6 is 0 Å². The molecule has 0 heterocycles. The minimum Gasteiger partial charge on any atom is -0.480 e. The number of hydrogen-bond donors (Lipinski definition) is 2. The van der Waals surface area contributed by atoms with Gasteiger partial charge >= 0.3 is 5.97 Å². The van der Waals surface area contributed by atoms with Gasteiger partial charge in [0.1, 0.15) is 0 Å². The van der Waals surface area contributed by atoms with Crippen molar-refractivity contribution in [3.63, 3.8) is 0 Å². The number of ether oxygens (including phenoxy) is 2. The summed E-state index contributed by atoms with van der Waals surface area (Å²) >= 11 is 0. The highest BCUT2D eigenvalue weighted by Crippen LogP contribution is 2.07. The average Bonchev–Trinajstić information content (AvgIpc) is 2.49. The van der Waals surface area contributed by atoms with Crippen LogP contribution in [0.4, 0.5) is 0 Å². The predicted octanol–water partition coefficient (Wildman–Crippen LogP) is 1.75. The topological polar surface area (TPSA) is 107 Å². The Morgan fingerprint density at radius 2 is 1.86 bits per heavy atom. The molecule has 7 nitrogen and oxygen atoms in total. The zero-order chi connectivity index (χ0) is 16.4. The first-order chi connectivity index (χ1) is 10.6. The van der Waals surface area contributed by atoms with Gasteiger partial charge in [0.25, 0.3) is 5.95 Å². The quantitative estimate of drug-likeness (QED) is 0.199. The van der Waals surface area contributed by atoms with Crippen LogP contribution in [0.5, 0.6) is 0 Å². The summed E-state index contributed by atoms with van der Waals surface area (Å²) in [5.41, 5.74) is 6.14. The number of benzene rings is 1. The van der Waals surface area contributed by atoms with Gasteiger partial charge in [0.2, 0.25) is 0 Å². The summed E-state index contributed by atoms with van der Waals surface area (Å²) in [6, 6.07) is 9.22. The van der Waals surface area contributed by atoms with E-state index >= 15 is 0 Å². The molecule has 22 heavy (non-hydrogen) atoms.